The molecule has 0 bridgehead atoms. The van der Waals surface area contributed by atoms with Crippen molar-refractivity contribution in [3.8, 4) is 17.2 Å². The van der Waals surface area contributed by atoms with Gasteiger partial charge in [-0.3, -0.25) is 14.4 Å². The highest BCUT2D eigenvalue weighted by Gasteiger charge is 2.38. The van der Waals surface area contributed by atoms with Crippen molar-refractivity contribution in [1.29, 1.82) is 0 Å². The molecular weight excluding hydrogens is 517 g/mol. The number of para-hydroxylation sites is 2. The zero-order valence-corrected chi connectivity index (χ0v) is 21.6. The second-order valence-corrected chi connectivity index (χ2v) is 9.24. The van der Waals surface area contributed by atoms with Crippen molar-refractivity contribution in [2.24, 2.45) is 5.92 Å². The summed E-state index contributed by atoms with van der Waals surface area (Å²) in [7, 11) is 1.57. The molecule has 1 amide bonds. The van der Waals surface area contributed by atoms with Crippen LogP contribution in [0.1, 0.15) is 23.2 Å². The predicted molar refractivity (Wildman–Crippen MR) is 141 cm³/mol. The van der Waals surface area contributed by atoms with Crippen LogP contribution in [0.15, 0.2) is 72.8 Å². The van der Waals surface area contributed by atoms with Gasteiger partial charge in [0, 0.05) is 41.5 Å². The molecule has 0 saturated carbocycles. The van der Waals surface area contributed by atoms with Crippen molar-refractivity contribution >= 4 is 46.5 Å². The van der Waals surface area contributed by atoms with E-state index < -0.39 is 18.0 Å². The van der Waals surface area contributed by atoms with Crippen molar-refractivity contribution in [1.82, 2.24) is 0 Å². The lowest BCUT2D eigenvalue weighted by atomic mass is 10.0. The Balaban J connectivity index is 1.40. The van der Waals surface area contributed by atoms with Crippen LogP contribution in [0, 0.1) is 5.92 Å². The van der Waals surface area contributed by atoms with Gasteiger partial charge in [-0.15, -0.1) is 11.6 Å². The van der Waals surface area contributed by atoms with Gasteiger partial charge in [0.15, 0.2) is 17.6 Å². The Morgan fingerprint density at radius 1 is 1.00 bits per heavy atom. The number of Topliss-reactive ketones (excluding diaryl/α,β-unsaturated/α-hetero) is 1. The number of alkyl halides is 1. The molecule has 0 aromatic heterocycles. The van der Waals surface area contributed by atoms with Gasteiger partial charge in [-0.2, -0.15) is 0 Å². The van der Waals surface area contributed by atoms with Gasteiger partial charge in [-0.1, -0.05) is 23.7 Å². The minimum absolute atomic E-state index is 0.0129. The Kier molecular flexibility index (Phi) is 8.69. The SMILES string of the molecule is COc1ccccc1Oc1ccc(N2C[C@@H](C(=O)O[C@H](CCCl)C(=O)c3ccc(Cl)cc3)CC2=O)cc1. The number of anilines is 1. The summed E-state index contributed by atoms with van der Waals surface area (Å²) >= 11 is 11.8. The summed E-state index contributed by atoms with van der Waals surface area (Å²) in [4.78, 5) is 40.0. The molecule has 3 aromatic rings. The Hall–Kier alpha value is -3.55. The lowest BCUT2D eigenvalue weighted by molar-refractivity contribution is -0.151. The smallest absolute Gasteiger partial charge is 0.312 e. The molecule has 1 heterocycles. The topological polar surface area (TPSA) is 82.1 Å². The van der Waals surface area contributed by atoms with Gasteiger partial charge >= 0.3 is 5.97 Å². The average Bonchev–Trinajstić information content (AvgIpc) is 3.31. The zero-order chi connectivity index (χ0) is 26.4. The third-order valence-corrected chi connectivity index (χ3v) is 6.42. The third kappa shape index (κ3) is 6.42. The highest BCUT2D eigenvalue weighted by Crippen LogP contribution is 2.33. The van der Waals surface area contributed by atoms with E-state index >= 15 is 0 Å². The van der Waals surface area contributed by atoms with Crippen LogP contribution in [-0.2, 0) is 14.3 Å². The van der Waals surface area contributed by atoms with Crippen LogP contribution < -0.4 is 14.4 Å². The average molecular weight is 542 g/mol. The first-order valence-electron chi connectivity index (χ1n) is 11.7. The summed E-state index contributed by atoms with van der Waals surface area (Å²) in [5.41, 5.74) is 0.995. The van der Waals surface area contributed by atoms with Crippen molar-refractivity contribution in [3.63, 3.8) is 0 Å². The Bertz CT molecular complexity index is 1260. The van der Waals surface area contributed by atoms with Crippen LogP contribution in [0.3, 0.4) is 0 Å². The number of hydrogen-bond donors (Lipinski definition) is 0. The summed E-state index contributed by atoms with van der Waals surface area (Å²) < 4.78 is 16.7. The predicted octanol–water partition coefficient (Wildman–Crippen LogP) is 5.92. The van der Waals surface area contributed by atoms with E-state index in [2.05, 4.69) is 0 Å². The minimum Gasteiger partial charge on any atom is -0.493 e. The number of methoxy groups -OCH3 is 1. The van der Waals surface area contributed by atoms with E-state index in [0.29, 0.717) is 33.5 Å². The number of ketones is 1. The second-order valence-electron chi connectivity index (χ2n) is 8.43. The van der Waals surface area contributed by atoms with Crippen LogP contribution in [0.25, 0.3) is 0 Å². The Morgan fingerprint density at radius 2 is 1.68 bits per heavy atom. The Labute approximate surface area is 224 Å². The number of hydrogen-bond acceptors (Lipinski definition) is 6. The number of carbonyl (C=O) groups is 3. The summed E-state index contributed by atoms with van der Waals surface area (Å²) in [6, 6.07) is 20.6. The number of rotatable bonds is 10. The summed E-state index contributed by atoms with van der Waals surface area (Å²) in [6.07, 6.45) is -0.893. The first kappa shape index (κ1) is 26.5. The van der Waals surface area contributed by atoms with Crippen molar-refractivity contribution in [2.75, 3.05) is 24.4 Å². The molecule has 1 saturated heterocycles. The number of ether oxygens (including phenoxy) is 3. The fourth-order valence-corrected chi connectivity index (χ4v) is 4.34. The molecule has 37 heavy (non-hydrogen) atoms. The molecule has 1 aliphatic heterocycles. The highest BCUT2D eigenvalue weighted by atomic mass is 35.5. The summed E-state index contributed by atoms with van der Waals surface area (Å²) in [5, 5.41) is 0.492. The minimum atomic E-state index is -1.04. The number of esters is 1. The number of benzene rings is 3. The summed E-state index contributed by atoms with van der Waals surface area (Å²) in [6.45, 7) is 0.146. The molecule has 9 heteroatoms. The molecule has 3 aromatic carbocycles. The monoisotopic (exact) mass is 541 g/mol. The first-order chi connectivity index (χ1) is 17.9. The fourth-order valence-electron chi connectivity index (χ4n) is 4.02. The Morgan fingerprint density at radius 3 is 2.32 bits per heavy atom. The van der Waals surface area contributed by atoms with E-state index in [-0.39, 0.29) is 37.0 Å². The van der Waals surface area contributed by atoms with Gasteiger partial charge in [0.2, 0.25) is 11.7 Å². The maximum Gasteiger partial charge on any atom is 0.312 e. The lowest BCUT2D eigenvalue weighted by Crippen LogP contribution is -2.32. The molecule has 2 atom stereocenters. The molecule has 1 aliphatic rings. The van der Waals surface area contributed by atoms with Crippen LogP contribution in [0.5, 0.6) is 17.2 Å². The van der Waals surface area contributed by atoms with Gasteiger partial charge in [0.1, 0.15) is 5.75 Å². The largest absolute Gasteiger partial charge is 0.493 e. The van der Waals surface area contributed by atoms with Crippen LogP contribution >= 0.6 is 23.2 Å². The van der Waals surface area contributed by atoms with Gasteiger partial charge in [0.25, 0.3) is 0 Å². The summed E-state index contributed by atoms with van der Waals surface area (Å²) in [5.74, 6) is -0.00776. The van der Waals surface area contributed by atoms with Gasteiger partial charge < -0.3 is 19.1 Å². The van der Waals surface area contributed by atoms with Gasteiger partial charge in [0.05, 0.1) is 13.0 Å². The fraction of sp³-hybridized carbons (Fsp3) is 0.250. The van der Waals surface area contributed by atoms with E-state index in [1.807, 2.05) is 12.1 Å². The molecule has 0 aliphatic carbocycles. The molecule has 0 N–H and O–H groups in total. The molecule has 7 nitrogen and oxygen atoms in total. The molecule has 0 unspecified atom stereocenters. The lowest BCUT2D eigenvalue weighted by Gasteiger charge is -2.19. The van der Waals surface area contributed by atoms with E-state index in [1.54, 1.807) is 67.8 Å². The zero-order valence-electron chi connectivity index (χ0n) is 20.1. The van der Waals surface area contributed by atoms with Crippen LogP contribution in [0.2, 0.25) is 5.02 Å². The van der Waals surface area contributed by atoms with Crippen molar-refractivity contribution in [2.45, 2.75) is 18.9 Å². The molecule has 192 valence electrons. The molecule has 1 fully saturated rings. The number of halogens is 2. The number of nitrogens with zero attached hydrogens (tertiary/aromatic N) is 1. The van der Waals surface area contributed by atoms with Crippen LogP contribution in [0.4, 0.5) is 5.69 Å². The number of carbonyl (C=O) groups excluding carboxylic acids is 3. The van der Waals surface area contributed by atoms with Gasteiger partial charge in [-0.05, 0) is 60.7 Å². The normalized spacial score (nSPS) is 15.8. The standard InChI is InChI=1S/C28H25Cl2NO6/c1-35-23-4-2-3-5-24(23)36-22-12-10-21(11-13-22)31-17-19(16-26(31)32)28(34)37-25(14-15-29)27(33)18-6-8-20(30)9-7-18/h2-13,19,25H,14-17H2,1H3/t19-,25+/m0/s1. The number of amides is 1. The third-order valence-electron chi connectivity index (χ3n) is 5.95. The highest BCUT2D eigenvalue weighted by molar-refractivity contribution is 6.30. The molecule has 4 rings (SSSR count). The van der Waals surface area contributed by atoms with Crippen molar-refractivity contribution in [3.05, 3.63) is 83.4 Å². The van der Waals surface area contributed by atoms with Crippen LogP contribution in [-0.4, -0.2) is 43.3 Å². The molecular formula is C28H25Cl2NO6. The molecule has 0 radical (unpaired) electrons. The quantitative estimate of drug-likeness (QED) is 0.180. The van der Waals surface area contributed by atoms with E-state index in [9.17, 15) is 14.4 Å². The maximum absolute atomic E-state index is 12.9. The first-order valence-corrected chi connectivity index (χ1v) is 12.6. The van der Waals surface area contributed by atoms with E-state index in [1.165, 1.54) is 4.90 Å². The van der Waals surface area contributed by atoms with E-state index in [0.717, 1.165) is 0 Å². The van der Waals surface area contributed by atoms with Crippen molar-refractivity contribution < 1.29 is 28.6 Å². The van der Waals surface area contributed by atoms with Gasteiger partial charge in [-0.25, -0.2) is 0 Å². The second kappa shape index (κ2) is 12.1. The molecule has 0 spiro atoms. The van der Waals surface area contributed by atoms with E-state index in [4.69, 9.17) is 37.4 Å². The maximum atomic E-state index is 12.9.